The number of piperidine rings is 1. The highest BCUT2D eigenvalue weighted by Gasteiger charge is 2.16. The summed E-state index contributed by atoms with van der Waals surface area (Å²) in [7, 11) is 0. The van der Waals surface area contributed by atoms with Crippen LogP contribution >= 0.6 is 11.6 Å². The number of urea groups is 1. The maximum atomic E-state index is 12.2. The highest BCUT2D eigenvalue weighted by molar-refractivity contribution is 6.30. The van der Waals surface area contributed by atoms with Crippen molar-refractivity contribution < 1.29 is 4.79 Å². The Morgan fingerprint density at radius 2 is 1.85 bits per heavy atom. The largest absolute Gasteiger partial charge is 0.372 e. The van der Waals surface area contributed by atoms with Crippen LogP contribution in [0.25, 0.3) is 0 Å². The number of carbonyl (C=O) groups excluding carboxylic acids is 1. The highest BCUT2D eigenvalue weighted by Crippen LogP contribution is 2.24. The van der Waals surface area contributed by atoms with Gasteiger partial charge in [0, 0.05) is 29.5 Å². The molecule has 5 heteroatoms. The standard InChI is InChI=1S/C21H26ClN3O/c1-15-10-12-25(13-11-15)20-8-6-17(7-9-20)16(2)23-21(26)24-19-5-3-4-18(22)14-19/h3-9,14-16H,10-13H2,1-2H3,(H2,23,24,26)/t16-/m1/s1. The van der Waals surface area contributed by atoms with E-state index in [9.17, 15) is 4.79 Å². The van der Waals surface area contributed by atoms with Crippen LogP contribution in [0.1, 0.15) is 38.3 Å². The monoisotopic (exact) mass is 371 g/mol. The number of rotatable bonds is 4. The smallest absolute Gasteiger partial charge is 0.319 e. The molecule has 2 N–H and O–H groups in total. The van der Waals surface area contributed by atoms with Crippen LogP contribution < -0.4 is 15.5 Å². The van der Waals surface area contributed by atoms with E-state index < -0.39 is 0 Å². The zero-order valence-corrected chi connectivity index (χ0v) is 16.1. The molecule has 1 heterocycles. The van der Waals surface area contributed by atoms with Crippen LogP contribution in [0, 0.1) is 5.92 Å². The predicted octanol–water partition coefficient (Wildman–Crippen LogP) is 5.46. The summed E-state index contributed by atoms with van der Waals surface area (Å²) in [4.78, 5) is 14.6. The molecule has 1 aliphatic rings. The average molecular weight is 372 g/mol. The molecule has 0 unspecified atom stereocenters. The minimum Gasteiger partial charge on any atom is -0.372 e. The van der Waals surface area contributed by atoms with E-state index in [2.05, 4.69) is 46.7 Å². The lowest BCUT2D eigenvalue weighted by atomic mass is 9.98. The molecule has 0 aliphatic carbocycles. The third kappa shape index (κ3) is 4.92. The van der Waals surface area contributed by atoms with Gasteiger partial charge in [-0.05, 0) is 61.6 Å². The molecule has 4 nitrogen and oxygen atoms in total. The Bertz CT molecular complexity index is 739. The van der Waals surface area contributed by atoms with Gasteiger partial charge in [0.05, 0.1) is 6.04 Å². The van der Waals surface area contributed by atoms with Crippen LogP contribution in [0.5, 0.6) is 0 Å². The first-order chi connectivity index (χ1) is 12.5. The third-order valence-electron chi connectivity index (χ3n) is 4.97. The summed E-state index contributed by atoms with van der Waals surface area (Å²) in [5, 5.41) is 6.37. The van der Waals surface area contributed by atoms with Gasteiger partial charge in [-0.2, -0.15) is 0 Å². The van der Waals surface area contributed by atoms with Crippen molar-refractivity contribution in [2.24, 2.45) is 5.92 Å². The number of amides is 2. The van der Waals surface area contributed by atoms with E-state index in [0.717, 1.165) is 24.6 Å². The van der Waals surface area contributed by atoms with Crippen LogP contribution in [-0.2, 0) is 0 Å². The summed E-state index contributed by atoms with van der Waals surface area (Å²) < 4.78 is 0. The Kier molecular flexibility index (Phi) is 6.04. The fourth-order valence-corrected chi connectivity index (χ4v) is 3.44. The second-order valence-corrected chi connectivity index (χ2v) is 7.53. The van der Waals surface area contributed by atoms with Gasteiger partial charge in [-0.3, -0.25) is 0 Å². The lowest BCUT2D eigenvalue weighted by Crippen LogP contribution is -2.33. The van der Waals surface area contributed by atoms with Crippen LogP contribution in [0.2, 0.25) is 5.02 Å². The van der Waals surface area contributed by atoms with Gasteiger partial charge in [-0.25, -0.2) is 4.79 Å². The van der Waals surface area contributed by atoms with Gasteiger partial charge in [-0.1, -0.05) is 36.7 Å². The lowest BCUT2D eigenvalue weighted by molar-refractivity contribution is 0.249. The van der Waals surface area contributed by atoms with E-state index in [1.165, 1.54) is 18.5 Å². The van der Waals surface area contributed by atoms with Gasteiger partial charge in [-0.15, -0.1) is 0 Å². The molecule has 2 aromatic carbocycles. The molecule has 2 amide bonds. The molecule has 3 rings (SSSR count). The van der Waals surface area contributed by atoms with Crippen molar-refractivity contribution in [3.8, 4) is 0 Å². The molecule has 1 saturated heterocycles. The molecule has 0 aromatic heterocycles. The number of nitrogens with zero attached hydrogens (tertiary/aromatic N) is 1. The van der Waals surface area contributed by atoms with E-state index >= 15 is 0 Å². The molecule has 1 aliphatic heterocycles. The van der Waals surface area contributed by atoms with Gasteiger partial charge >= 0.3 is 6.03 Å². The normalized spacial score (nSPS) is 16.2. The van der Waals surface area contributed by atoms with Crippen LogP contribution in [0.3, 0.4) is 0 Å². The third-order valence-corrected chi connectivity index (χ3v) is 5.21. The Hall–Kier alpha value is -2.20. The first kappa shape index (κ1) is 18.6. The Balaban J connectivity index is 1.56. The fourth-order valence-electron chi connectivity index (χ4n) is 3.25. The molecule has 0 saturated carbocycles. The molecule has 0 bridgehead atoms. The molecule has 138 valence electrons. The van der Waals surface area contributed by atoms with E-state index in [1.54, 1.807) is 18.2 Å². The molecule has 26 heavy (non-hydrogen) atoms. The zero-order valence-electron chi connectivity index (χ0n) is 15.3. The topological polar surface area (TPSA) is 44.4 Å². The quantitative estimate of drug-likeness (QED) is 0.749. The molecule has 0 spiro atoms. The average Bonchev–Trinajstić information content (AvgIpc) is 2.62. The molecule has 1 atom stereocenters. The van der Waals surface area contributed by atoms with Crippen molar-refractivity contribution in [2.45, 2.75) is 32.7 Å². The first-order valence-corrected chi connectivity index (χ1v) is 9.57. The van der Waals surface area contributed by atoms with Crippen LogP contribution in [-0.4, -0.2) is 19.1 Å². The van der Waals surface area contributed by atoms with Crippen LogP contribution in [0.4, 0.5) is 16.2 Å². The highest BCUT2D eigenvalue weighted by atomic mass is 35.5. The van der Waals surface area contributed by atoms with Crippen molar-refractivity contribution in [1.29, 1.82) is 0 Å². The number of hydrogen-bond acceptors (Lipinski definition) is 2. The summed E-state index contributed by atoms with van der Waals surface area (Å²) in [5.74, 6) is 0.827. The summed E-state index contributed by atoms with van der Waals surface area (Å²) in [6.45, 7) is 6.55. The Morgan fingerprint density at radius 3 is 2.50 bits per heavy atom. The number of nitrogens with one attached hydrogen (secondary N) is 2. The summed E-state index contributed by atoms with van der Waals surface area (Å²) >= 11 is 5.94. The van der Waals surface area contributed by atoms with E-state index in [0.29, 0.717) is 10.7 Å². The molecular weight excluding hydrogens is 346 g/mol. The molecule has 0 radical (unpaired) electrons. The Labute approximate surface area is 160 Å². The fraction of sp³-hybridized carbons (Fsp3) is 0.381. The number of hydrogen-bond donors (Lipinski definition) is 2. The summed E-state index contributed by atoms with van der Waals surface area (Å²) in [6.07, 6.45) is 2.51. The first-order valence-electron chi connectivity index (χ1n) is 9.19. The van der Waals surface area contributed by atoms with Gasteiger partial charge in [0.1, 0.15) is 0 Å². The van der Waals surface area contributed by atoms with Crippen molar-refractivity contribution in [1.82, 2.24) is 5.32 Å². The molecular formula is C21H26ClN3O. The number of benzene rings is 2. The predicted molar refractivity (Wildman–Crippen MR) is 109 cm³/mol. The molecule has 1 fully saturated rings. The second kappa shape index (κ2) is 8.45. The molecule has 2 aromatic rings. The van der Waals surface area contributed by atoms with Crippen LogP contribution in [0.15, 0.2) is 48.5 Å². The van der Waals surface area contributed by atoms with E-state index in [1.807, 2.05) is 13.0 Å². The number of halogens is 1. The zero-order chi connectivity index (χ0) is 18.5. The van der Waals surface area contributed by atoms with Gasteiger partial charge in [0.25, 0.3) is 0 Å². The van der Waals surface area contributed by atoms with E-state index in [4.69, 9.17) is 11.6 Å². The number of anilines is 2. The van der Waals surface area contributed by atoms with Crippen molar-refractivity contribution in [2.75, 3.05) is 23.3 Å². The number of carbonyl (C=O) groups is 1. The van der Waals surface area contributed by atoms with Gasteiger partial charge in [0.15, 0.2) is 0 Å². The van der Waals surface area contributed by atoms with Crippen molar-refractivity contribution >= 4 is 29.0 Å². The minimum absolute atomic E-state index is 0.0791. The summed E-state index contributed by atoms with van der Waals surface area (Å²) in [5.41, 5.74) is 3.02. The SMILES string of the molecule is CC1CCN(c2ccc([C@@H](C)NC(=O)Nc3cccc(Cl)c3)cc2)CC1. The van der Waals surface area contributed by atoms with Gasteiger partial charge in [0.2, 0.25) is 0 Å². The minimum atomic E-state index is -0.242. The maximum Gasteiger partial charge on any atom is 0.319 e. The Morgan fingerprint density at radius 1 is 1.15 bits per heavy atom. The van der Waals surface area contributed by atoms with E-state index in [-0.39, 0.29) is 12.1 Å². The second-order valence-electron chi connectivity index (χ2n) is 7.09. The lowest BCUT2D eigenvalue weighted by Gasteiger charge is -2.32. The maximum absolute atomic E-state index is 12.2. The van der Waals surface area contributed by atoms with Crippen molar-refractivity contribution in [3.63, 3.8) is 0 Å². The summed E-state index contributed by atoms with van der Waals surface area (Å²) in [6, 6.07) is 15.3. The van der Waals surface area contributed by atoms with Gasteiger partial charge < -0.3 is 15.5 Å². The van der Waals surface area contributed by atoms with Crippen molar-refractivity contribution in [3.05, 3.63) is 59.1 Å².